The highest BCUT2D eigenvalue weighted by Crippen LogP contribution is 2.24. The van der Waals surface area contributed by atoms with Gasteiger partial charge >= 0.3 is 6.03 Å². The molecule has 1 saturated heterocycles. The largest absolute Gasteiger partial charge is 0.351 e. The van der Waals surface area contributed by atoms with Gasteiger partial charge in [-0.3, -0.25) is 0 Å². The van der Waals surface area contributed by atoms with E-state index in [2.05, 4.69) is 40.3 Å². The van der Waals surface area contributed by atoms with E-state index in [1.54, 1.807) is 4.90 Å². The number of nitrogens with one attached hydrogen (secondary N) is 1. The second-order valence-corrected chi connectivity index (χ2v) is 5.86. The first-order valence-corrected chi connectivity index (χ1v) is 7.42. The number of likely N-dealkylation sites (tertiary alicyclic amines) is 1. The monoisotopic (exact) mass is 325 g/mol. The molecule has 1 aliphatic heterocycles. The lowest BCUT2D eigenvalue weighted by atomic mass is 10.0. The van der Waals surface area contributed by atoms with Crippen LogP contribution in [-0.2, 0) is 0 Å². The molecule has 3 N–H and O–H groups in total. The lowest BCUT2D eigenvalue weighted by molar-refractivity contribution is 0.183. The van der Waals surface area contributed by atoms with Gasteiger partial charge in [-0.2, -0.15) is 0 Å². The third-order valence-corrected chi connectivity index (χ3v) is 4.39. The van der Waals surface area contributed by atoms with Gasteiger partial charge in [0.2, 0.25) is 0 Å². The zero-order chi connectivity index (χ0) is 13.8. The van der Waals surface area contributed by atoms with Crippen LogP contribution in [0.15, 0.2) is 28.7 Å². The molecule has 0 saturated carbocycles. The lowest BCUT2D eigenvalue weighted by Crippen LogP contribution is -2.47. The van der Waals surface area contributed by atoms with E-state index in [1.807, 2.05) is 12.1 Å². The van der Waals surface area contributed by atoms with E-state index in [0.717, 1.165) is 30.4 Å². The molecule has 1 aromatic rings. The number of amides is 2. The second-order valence-electron chi connectivity index (χ2n) is 5.01. The van der Waals surface area contributed by atoms with Crippen molar-refractivity contribution < 1.29 is 4.79 Å². The molecule has 0 radical (unpaired) electrons. The predicted molar refractivity (Wildman–Crippen MR) is 79.9 cm³/mol. The summed E-state index contributed by atoms with van der Waals surface area (Å²) in [6.45, 7) is 3.66. The fourth-order valence-corrected chi connectivity index (χ4v) is 3.16. The summed E-state index contributed by atoms with van der Waals surface area (Å²) in [5, 5.41) is 3.63. The van der Waals surface area contributed by atoms with Crippen molar-refractivity contribution in [2.75, 3.05) is 13.1 Å². The number of urea groups is 1. The summed E-state index contributed by atoms with van der Waals surface area (Å²) in [7, 11) is 0. The van der Waals surface area contributed by atoms with Crippen molar-refractivity contribution >= 4 is 22.0 Å². The smallest absolute Gasteiger partial charge is 0.314 e. The number of rotatable bonds is 3. The van der Waals surface area contributed by atoms with Gasteiger partial charge in [-0.1, -0.05) is 34.1 Å². The number of primary amides is 1. The maximum absolute atomic E-state index is 11.1. The van der Waals surface area contributed by atoms with E-state index in [-0.39, 0.29) is 6.03 Å². The fourth-order valence-electron chi connectivity index (χ4n) is 2.54. The second kappa shape index (κ2) is 6.39. The van der Waals surface area contributed by atoms with Gasteiger partial charge in [0.05, 0.1) is 0 Å². The van der Waals surface area contributed by atoms with Crippen LogP contribution in [0.25, 0.3) is 0 Å². The molecule has 4 nitrogen and oxygen atoms in total. The van der Waals surface area contributed by atoms with Crippen LogP contribution >= 0.6 is 15.9 Å². The van der Waals surface area contributed by atoms with E-state index < -0.39 is 0 Å². The molecule has 1 aliphatic rings. The zero-order valence-corrected chi connectivity index (χ0v) is 12.7. The van der Waals surface area contributed by atoms with E-state index in [1.165, 1.54) is 5.56 Å². The Hall–Kier alpha value is -1.07. The maximum atomic E-state index is 11.1. The maximum Gasteiger partial charge on any atom is 0.314 e. The predicted octanol–water partition coefficient (Wildman–Crippen LogP) is 2.64. The van der Waals surface area contributed by atoms with Crippen LogP contribution in [0, 0.1) is 0 Å². The average molecular weight is 326 g/mol. The van der Waals surface area contributed by atoms with Crippen molar-refractivity contribution in [3.8, 4) is 0 Å². The third kappa shape index (κ3) is 3.70. The molecule has 0 aliphatic carbocycles. The summed E-state index contributed by atoms with van der Waals surface area (Å²) in [5.41, 5.74) is 6.55. The molecule has 0 aromatic heterocycles. The first-order valence-electron chi connectivity index (χ1n) is 6.63. The van der Waals surface area contributed by atoms with Gasteiger partial charge in [-0.15, -0.1) is 0 Å². The van der Waals surface area contributed by atoms with Crippen LogP contribution in [0.2, 0.25) is 0 Å². The van der Waals surface area contributed by atoms with Crippen molar-refractivity contribution in [3.05, 3.63) is 34.3 Å². The van der Waals surface area contributed by atoms with Crippen LogP contribution in [0.4, 0.5) is 4.79 Å². The molecule has 5 heteroatoms. The quantitative estimate of drug-likeness (QED) is 0.897. The van der Waals surface area contributed by atoms with Crippen LogP contribution in [-0.4, -0.2) is 30.1 Å². The van der Waals surface area contributed by atoms with Crippen LogP contribution in [0.5, 0.6) is 0 Å². The third-order valence-electron chi connectivity index (χ3n) is 3.66. The summed E-state index contributed by atoms with van der Waals surface area (Å²) < 4.78 is 1.13. The minimum atomic E-state index is -0.308. The number of halogens is 1. The van der Waals surface area contributed by atoms with Gasteiger partial charge in [-0.05, 0) is 31.4 Å². The summed E-state index contributed by atoms with van der Waals surface area (Å²) in [5.74, 6) is 0. The molecule has 1 fully saturated rings. The molecule has 1 aromatic carbocycles. The molecule has 19 heavy (non-hydrogen) atoms. The summed E-state index contributed by atoms with van der Waals surface area (Å²) in [4.78, 5) is 12.8. The topological polar surface area (TPSA) is 58.4 Å². The highest BCUT2D eigenvalue weighted by atomic mass is 79.9. The molecule has 2 rings (SSSR count). The van der Waals surface area contributed by atoms with E-state index in [4.69, 9.17) is 5.73 Å². The van der Waals surface area contributed by atoms with Crippen molar-refractivity contribution in [1.29, 1.82) is 0 Å². The Labute approximate surface area is 122 Å². The number of hydrogen-bond donors (Lipinski definition) is 2. The fraction of sp³-hybridized carbons (Fsp3) is 0.500. The highest BCUT2D eigenvalue weighted by molar-refractivity contribution is 9.10. The Morgan fingerprint density at radius 1 is 1.42 bits per heavy atom. The number of carbonyl (C=O) groups is 1. The molecule has 1 atom stereocenters. The minimum absolute atomic E-state index is 0.292. The Balaban J connectivity index is 1.89. The average Bonchev–Trinajstić information content (AvgIpc) is 2.39. The van der Waals surface area contributed by atoms with Crippen LogP contribution in [0.3, 0.4) is 0 Å². The number of benzene rings is 1. The van der Waals surface area contributed by atoms with Crippen molar-refractivity contribution in [2.24, 2.45) is 5.73 Å². The SMILES string of the molecule is C[C@H](NC1CCN(C(N)=O)CC1)c1ccccc1Br. The summed E-state index contributed by atoms with van der Waals surface area (Å²) in [6.07, 6.45) is 1.91. The van der Waals surface area contributed by atoms with E-state index >= 15 is 0 Å². The molecule has 2 amide bonds. The van der Waals surface area contributed by atoms with Gasteiger partial charge in [0, 0.05) is 29.6 Å². The van der Waals surface area contributed by atoms with Crippen molar-refractivity contribution in [3.63, 3.8) is 0 Å². The van der Waals surface area contributed by atoms with Gasteiger partial charge in [0.1, 0.15) is 0 Å². The molecular formula is C14H20BrN3O. The van der Waals surface area contributed by atoms with Crippen LogP contribution in [0.1, 0.15) is 31.4 Å². The van der Waals surface area contributed by atoms with Crippen molar-refractivity contribution in [2.45, 2.75) is 31.8 Å². The molecule has 104 valence electrons. The van der Waals surface area contributed by atoms with Gasteiger partial charge in [0.15, 0.2) is 0 Å². The summed E-state index contributed by atoms with van der Waals surface area (Å²) in [6, 6.07) is 8.68. The standard InChI is InChI=1S/C14H20BrN3O/c1-10(12-4-2-3-5-13(12)15)17-11-6-8-18(9-7-11)14(16)19/h2-5,10-11,17H,6-9H2,1H3,(H2,16,19)/t10-/m0/s1. The zero-order valence-electron chi connectivity index (χ0n) is 11.1. The van der Waals surface area contributed by atoms with E-state index in [9.17, 15) is 4.79 Å². The normalized spacial score (nSPS) is 18.3. The number of nitrogens with two attached hydrogens (primary N) is 1. The number of hydrogen-bond acceptors (Lipinski definition) is 2. The van der Waals surface area contributed by atoms with Gasteiger partial charge in [-0.25, -0.2) is 4.79 Å². The Kier molecular flexibility index (Phi) is 4.82. The molecule has 0 spiro atoms. The van der Waals surface area contributed by atoms with Gasteiger partial charge in [0.25, 0.3) is 0 Å². The van der Waals surface area contributed by atoms with Gasteiger partial charge < -0.3 is 16.0 Å². The van der Waals surface area contributed by atoms with Crippen LogP contribution < -0.4 is 11.1 Å². The number of carbonyl (C=O) groups excluding carboxylic acids is 1. The first kappa shape index (κ1) is 14.3. The molecule has 0 unspecified atom stereocenters. The minimum Gasteiger partial charge on any atom is -0.351 e. The Morgan fingerprint density at radius 3 is 2.63 bits per heavy atom. The number of piperidine rings is 1. The Bertz CT molecular complexity index is 444. The molecule has 1 heterocycles. The first-order chi connectivity index (χ1) is 9.08. The molecular weight excluding hydrogens is 306 g/mol. The summed E-state index contributed by atoms with van der Waals surface area (Å²) >= 11 is 3.58. The van der Waals surface area contributed by atoms with E-state index in [0.29, 0.717) is 12.1 Å². The van der Waals surface area contributed by atoms with Crippen molar-refractivity contribution in [1.82, 2.24) is 10.2 Å². The number of nitrogens with zero attached hydrogens (tertiary/aromatic N) is 1. The Morgan fingerprint density at radius 2 is 2.05 bits per heavy atom. The highest BCUT2D eigenvalue weighted by Gasteiger charge is 2.22. The lowest BCUT2D eigenvalue weighted by Gasteiger charge is -2.33. The molecule has 0 bridgehead atoms.